The highest BCUT2D eigenvalue weighted by molar-refractivity contribution is 5.80. The van der Waals surface area contributed by atoms with Gasteiger partial charge in [0.05, 0.1) is 24.4 Å². The van der Waals surface area contributed by atoms with Gasteiger partial charge in [0, 0.05) is 19.0 Å². The van der Waals surface area contributed by atoms with E-state index in [-0.39, 0.29) is 11.5 Å². The molecule has 3 rings (SSSR count). The molecule has 3 fully saturated rings. The summed E-state index contributed by atoms with van der Waals surface area (Å²) in [6.07, 6.45) is 8.41. The minimum Gasteiger partial charge on any atom is -0.392 e. The fourth-order valence-corrected chi connectivity index (χ4v) is 4.03. The Hall–Kier alpha value is -0.810. The van der Waals surface area contributed by atoms with E-state index >= 15 is 0 Å². The highest BCUT2D eigenvalue weighted by Gasteiger charge is 2.41. The van der Waals surface area contributed by atoms with Crippen molar-refractivity contribution in [1.82, 2.24) is 10.6 Å². The molecule has 1 aliphatic carbocycles. The van der Waals surface area contributed by atoms with Crippen LogP contribution in [0.5, 0.6) is 0 Å². The van der Waals surface area contributed by atoms with Gasteiger partial charge in [-0.1, -0.05) is 19.8 Å². The Morgan fingerprint density at radius 2 is 2.19 bits per heavy atom. The standard InChI is InChI=1S/C16H29N3O2/c1-16(8-4-3-5-14(16)20)10-18-15(17-2)19-12-9-11-6-7-13(12)21-11/h11-14,20H,3-10H2,1-2H3,(H2,17,18,19). The summed E-state index contributed by atoms with van der Waals surface area (Å²) < 4.78 is 5.88. The van der Waals surface area contributed by atoms with E-state index in [1.165, 1.54) is 12.8 Å². The lowest BCUT2D eigenvalue weighted by atomic mass is 9.73. The maximum absolute atomic E-state index is 10.3. The summed E-state index contributed by atoms with van der Waals surface area (Å²) in [6, 6.07) is 0.388. The van der Waals surface area contributed by atoms with E-state index in [0.717, 1.165) is 44.6 Å². The number of guanidine groups is 1. The second-order valence-corrected chi connectivity index (χ2v) is 7.20. The third-order valence-electron chi connectivity index (χ3n) is 5.59. The summed E-state index contributed by atoms with van der Waals surface area (Å²) >= 11 is 0. The van der Waals surface area contributed by atoms with Crippen LogP contribution in [0.4, 0.5) is 0 Å². The normalized spacial score (nSPS) is 43.1. The molecule has 1 saturated carbocycles. The molecule has 2 heterocycles. The molecule has 0 amide bonds. The minimum absolute atomic E-state index is 0.0406. The number of nitrogens with zero attached hydrogens (tertiary/aromatic N) is 1. The van der Waals surface area contributed by atoms with Crippen LogP contribution >= 0.6 is 0 Å². The molecular formula is C16H29N3O2. The molecule has 120 valence electrons. The van der Waals surface area contributed by atoms with Crippen molar-refractivity contribution in [2.24, 2.45) is 10.4 Å². The van der Waals surface area contributed by atoms with Crippen molar-refractivity contribution in [3.8, 4) is 0 Å². The predicted molar refractivity (Wildman–Crippen MR) is 83.4 cm³/mol. The van der Waals surface area contributed by atoms with E-state index in [1.807, 2.05) is 7.05 Å². The maximum atomic E-state index is 10.3. The molecule has 0 radical (unpaired) electrons. The Balaban J connectivity index is 1.51. The lowest BCUT2D eigenvalue weighted by Crippen LogP contribution is -2.52. The van der Waals surface area contributed by atoms with Crippen molar-refractivity contribution in [3.63, 3.8) is 0 Å². The molecule has 2 aliphatic heterocycles. The fourth-order valence-electron chi connectivity index (χ4n) is 4.03. The van der Waals surface area contributed by atoms with Crippen LogP contribution in [-0.4, -0.2) is 49.0 Å². The van der Waals surface area contributed by atoms with Crippen LogP contribution in [0, 0.1) is 5.41 Å². The number of hydrogen-bond donors (Lipinski definition) is 3. The molecule has 21 heavy (non-hydrogen) atoms. The average Bonchev–Trinajstić information content (AvgIpc) is 3.09. The van der Waals surface area contributed by atoms with E-state index in [0.29, 0.717) is 18.2 Å². The van der Waals surface area contributed by atoms with E-state index in [2.05, 4.69) is 22.5 Å². The van der Waals surface area contributed by atoms with E-state index in [4.69, 9.17) is 4.74 Å². The van der Waals surface area contributed by atoms with Gasteiger partial charge in [-0.3, -0.25) is 4.99 Å². The number of ether oxygens (including phenoxy) is 1. The largest absolute Gasteiger partial charge is 0.392 e. The molecule has 3 aliphatic rings. The first-order valence-electron chi connectivity index (χ1n) is 8.41. The second kappa shape index (κ2) is 6.13. The zero-order valence-corrected chi connectivity index (χ0v) is 13.3. The van der Waals surface area contributed by atoms with Crippen LogP contribution in [0.2, 0.25) is 0 Å². The van der Waals surface area contributed by atoms with E-state index in [1.54, 1.807) is 0 Å². The van der Waals surface area contributed by atoms with Gasteiger partial charge in [-0.15, -0.1) is 0 Å². The molecule has 3 N–H and O–H groups in total. The molecular weight excluding hydrogens is 266 g/mol. The number of nitrogens with one attached hydrogen (secondary N) is 2. The Kier molecular flexibility index (Phi) is 4.41. The third-order valence-corrected chi connectivity index (χ3v) is 5.59. The van der Waals surface area contributed by atoms with Crippen molar-refractivity contribution >= 4 is 5.96 Å². The van der Waals surface area contributed by atoms with Crippen LogP contribution < -0.4 is 10.6 Å². The molecule has 0 spiro atoms. The molecule has 2 bridgehead atoms. The number of aliphatic imine (C=N–C) groups is 1. The van der Waals surface area contributed by atoms with Gasteiger partial charge in [-0.2, -0.15) is 0 Å². The van der Waals surface area contributed by atoms with Gasteiger partial charge in [0.2, 0.25) is 0 Å². The van der Waals surface area contributed by atoms with Gasteiger partial charge in [0.15, 0.2) is 5.96 Å². The first-order valence-corrected chi connectivity index (χ1v) is 8.41. The number of aliphatic hydroxyl groups is 1. The van der Waals surface area contributed by atoms with Gasteiger partial charge < -0.3 is 20.5 Å². The fraction of sp³-hybridized carbons (Fsp3) is 0.938. The quantitative estimate of drug-likeness (QED) is 0.544. The summed E-state index contributed by atoms with van der Waals surface area (Å²) in [5.41, 5.74) is -0.0406. The van der Waals surface area contributed by atoms with Crippen molar-refractivity contribution in [1.29, 1.82) is 0 Å². The number of hydrogen-bond acceptors (Lipinski definition) is 3. The van der Waals surface area contributed by atoms with Gasteiger partial charge >= 0.3 is 0 Å². The summed E-state index contributed by atoms with van der Waals surface area (Å²) in [6.45, 7) is 2.95. The van der Waals surface area contributed by atoms with Gasteiger partial charge in [-0.25, -0.2) is 0 Å². The molecule has 0 aromatic heterocycles. The molecule has 2 saturated heterocycles. The van der Waals surface area contributed by atoms with Crippen LogP contribution in [0.25, 0.3) is 0 Å². The van der Waals surface area contributed by atoms with E-state index < -0.39 is 0 Å². The Morgan fingerprint density at radius 1 is 1.33 bits per heavy atom. The average molecular weight is 295 g/mol. The number of fused-ring (bicyclic) bond motifs is 2. The Morgan fingerprint density at radius 3 is 2.81 bits per heavy atom. The Bertz CT molecular complexity index is 401. The van der Waals surface area contributed by atoms with Crippen LogP contribution in [-0.2, 0) is 4.74 Å². The topological polar surface area (TPSA) is 65.9 Å². The minimum atomic E-state index is -0.206. The van der Waals surface area contributed by atoms with Gasteiger partial charge in [0.1, 0.15) is 0 Å². The summed E-state index contributed by atoms with van der Waals surface area (Å²) in [5.74, 6) is 0.843. The molecule has 0 aromatic rings. The van der Waals surface area contributed by atoms with E-state index in [9.17, 15) is 5.11 Å². The third kappa shape index (κ3) is 3.19. The van der Waals surface area contributed by atoms with Crippen molar-refractivity contribution in [3.05, 3.63) is 0 Å². The lowest BCUT2D eigenvalue weighted by molar-refractivity contribution is 0.00392. The van der Waals surface area contributed by atoms with Crippen LogP contribution in [0.3, 0.4) is 0 Å². The first-order chi connectivity index (χ1) is 10.1. The van der Waals surface area contributed by atoms with Crippen molar-refractivity contribution < 1.29 is 9.84 Å². The van der Waals surface area contributed by atoms with Gasteiger partial charge in [-0.05, 0) is 32.1 Å². The number of rotatable bonds is 3. The second-order valence-electron chi connectivity index (χ2n) is 7.20. The van der Waals surface area contributed by atoms with Crippen molar-refractivity contribution in [2.75, 3.05) is 13.6 Å². The van der Waals surface area contributed by atoms with Gasteiger partial charge in [0.25, 0.3) is 0 Å². The van der Waals surface area contributed by atoms with Crippen LogP contribution in [0.1, 0.15) is 51.9 Å². The first kappa shape index (κ1) is 15.1. The van der Waals surface area contributed by atoms with Crippen molar-refractivity contribution in [2.45, 2.75) is 76.2 Å². The smallest absolute Gasteiger partial charge is 0.191 e. The maximum Gasteiger partial charge on any atom is 0.191 e. The Labute approximate surface area is 127 Å². The summed E-state index contributed by atoms with van der Waals surface area (Å²) in [7, 11) is 1.81. The molecule has 5 atom stereocenters. The SMILES string of the molecule is CN=C(NCC1(C)CCCCC1O)NC1CC2CCC1O2. The van der Waals surface area contributed by atoms with Crippen LogP contribution in [0.15, 0.2) is 4.99 Å². The number of aliphatic hydroxyl groups excluding tert-OH is 1. The monoisotopic (exact) mass is 295 g/mol. The predicted octanol–water partition coefficient (Wildman–Crippen LogP) is 1.41. The molecule has 0 aromatic carbocycles. The summed E-state index contributed by atoms with van der Waals surface area (Å²) in [4.78, 5) is 4.33. The molecule has 5 heteroatoms. The summed E-state index contributed by atoms with van der Waals surface area (Å²) in [5, 5.41) is 17.2. The highest BCUT2D eigenvalue weighted by atomic mass is 16.5. The zero-order chi connectivity index (χ0) is 14.9. The highest BCUT2D eigenvalue weighted by Crippen LogP contribution is 2.36. The molecule has 5 unspecified atom stereocenters. The zero-order valence-electron chi connectivity index (χ0n) is 13.3. The molecule has 5 nitrogen and oxygen atoms in total. The lowest BCUT2D eigenvalue weighted by Gasteiger charge is -2.39.